The molecule has 22 heavy (non-hydrogen) atoms. The van der Waals surface area contributed by atoms with Crippen molar-refractivity contribution in [3.63, 3.8) is 0 Å². The largest absolute Gasteiger partial charge is 0.351 e. The summed E-state index contributed by atoms with van der Waals surface area (Å²) in [5, 5.41) is 10.3. The van der Waals surface area contributed by atoms with E-state index in [1.165, 1.54) is 12.8 Å². The van der Waals surface area contributed by atoms with E-state index in [2.05, 4.69) is 15.7 Å². The number of amides is 2. The van der Waals surface area contributed by atoms with Crippen LogP contribution in [-0.4, -0.2) is 33.7 Å². The number of fused-ring (bicyclic) bond motifs is 1. The van der Waals surface area contributed by atoms with E-state index in [4.69, 9.17) is 0 Å². The first kappa shape index (κ1) is 15.1. The van der Waals surface area contributed by atoms with Gasteiger partial charge in [-0.25, -0.2) is 0 Å². The summed E-state index contributed by atoms with van der Waals surface area (Å²) >= 11 is 0. The molecule has 1 aliphatic carbocycles. The van der Waals surface area contributed by atoms with Crippen molar-refractivity contribution in [1.29, 1.82) is 0 Å². The lowest BCUT2D eigenvalue weighted by atomic mass is 10.1. The van der Waals surface area contributed by atoms with Gasteiger partial charge in [0.2, 0.25) is 5.91 Å². The Morgan fingerprint density at radius 3 is 2.68 bits per heavy atom. The molecule has 0 bridgehead atoms. The van der Waals surface area contributed by atoms with Gasteiger partial charge >= 0.3 is 0 Å². The standard InChI is InChI=1S/C16H24N4O2/c1-10(2)17-16(22)14-8-13-7-12(9-20(13)19-14)18-15(21)11-5-3-4-6-11/h8,10-12H,3-7,9H2,1-2H3,(H,17,22)(H,18,21)/t12-/m0/s1. The number of carbonyl (C=O) groups excluding carboxylic acids is 2. The molecule has 0 aromatic carbocycles. The van der Waals surface area contributed by atoms with Crippen LogP contribution in [0.1, 0.15) is 55.7 Å². The van der Waals surface area contributed by atoms with Gasteiger partial charge in [0.05, 0.1) is 12.6 Å². The number of nitrogens with zero attached hydrogens (tertiary/aromatic N) is 2. The minimum atomic E-state index is -0.136. The highest BCUT2D eigenvalue weighted by Crippen LogP contribution is 2.25. The van der Waals surface area contributed by atoms with E-state index in [1.807, 2.05) is 24.6 Å². The lowest BCUT2D eigenvalue weighted by Crippen LogP contribution is -2.39. The van der Waals surface area contributed by atoms with Gasteiger partial charge < -0.3 is 10.6 Å². The summed E-state index contributed by atoms with van der Waals surface area (Å²) in [6.07, 6.45) is 5.11. The predicted octanol–water partition coefficient (Wildman–Crippen LogP) is 1.25. The van der Waals surface area contributed by atoms with Gasteiger partial charge in [0.25, 0.3) is 5.91 Å². The Bertz CT molecular complexity index is 549. The molecule has 3 rings (SSSR count). The fourth-order valence-corrected chi connectivity index (χ4v) is 3.35. The molecule has 1 aromatic rings. The van der Waals surface area contributed by atoms with Gasteiger partial charge in [-0.15, -0.1) is 0 Å². The third-order valence-electron chi connectivity index (χ3n) is 4.44. The normalized spacial score (nSPS) is 21.1. The van der Waals surface area contributed by atoms with Gasteiger partial charge in [-0.2, -0.15) is 5.10 Å². The molecule has 120 valence electrons. The van der Waals surface area contributed by atoms with Crippen molar-refractivity contribution in [2.75, 3.05) is 0 Å². The fourth-order valence-electron chi connectivity index (χ4n) is 3.35. The van der Waals surface area contributed by atoms with Crippen LogP contribution in [0.4, 0.5) is 0 Å². The molecule has 1 aliphatic heterocycles. The molecule has 2 heterocycles. The minimum absolute atomic E-state index is 0.0995. The first-order valence-electron chi connectivity index (χ1n) is 8.21. The Morgan fingerprint density at radius 2 is 2.05 bits per heavy atom. The Morgan fingerprint density at radius 1 is 1.32 bits per heavy atom. The smallest absolute Gasteiger partial charge is 0.271 e. The zero-order valence-electron chi connectivity index (χ0n) is 13.3. The second-order valence-corrected chi connectivity index (χ2v) is 6.72. The van der Waals surface area contributed by atoms with E-state index in [1.54, 1.807) is 0 Å². The third kappa shape index (κ3) is 3.15. The molecule has 0 spiro atoms. The van der Waals surface area contributed by atoms with Gasteiger partial charge in [-0.05, 0) is 32.8 Å². The van der Waals surface area contributed by atoms with Crippen LogP contribution in [-0.2, 0) is 17.8 Å². The topological polar surface area (TPSA) is 76.0 Å². The van der Waals surface area contributed by atoms with Crippen molar-refractivity contribution in [3.05, 3.63) is 17.5 Å². The number of nitrogens with one attached hydrogen (secondary N) is 2. The van der Waals surface area contributed by atoms with Crippen molar-refractivity contribution in [2.45, 2.75) is 64.6 Å². The number of rotatable bonds is 4. The van der Waals surface area contributed by atoms with Gasteiger partial charge in [-0.3, -0.25) is 14.3 Å². The van der Waals surface area contributed by atoms with Crippen LogP contribution in [0.3, 0.4) is 0 Å². The molecule has 2 aliphatic rings. The van der Waals surface area contributed by atoms with E-state index in [0.717, 1.165) is 25.0 Å². The molecular formula is C16H24N4O2. The maximum absolute atomic E-state index is 12.2. The number of aromatic nitrogens is 2. The molecule has 2 amide bonds. The summed E-state index contributed by atoms with van der Waals surface area (Å²) in [5.41, 5.74) is 1.48. The summed E-state index contributed by atoms with van der Waals surface area (Å²) in [7, 11) is 0. The molecule has 0 saturated heterocycles. The van der Waals surface area contributed by atoms with Crippen molar-refractivity contribution >= 4 is 11.8 Å². The maximum Gasteiger partial charge on any atom is 0.271 e. The van der Waals surface area contributed by atoms with Crippen LogP contribution >= 0.6 is 0 Å². The average Bonchev–Trinajstić information content (AvgIpc) is 3.12. The van der Waals surface area contributed by atoms with Gasteiger partial charge in [0, 0.05) is 24.1 Å². The third-order valence-corrected chi connectivity index (χ3v) is 4.44. The maximum atomic E-state index is 12.2. The molecule has 0 unspecified atom stereocenters. The van der Waals surface area contributed by atoms with Gasteiger partial charge in [0.1, 0.15) is 5.69 Å². The first-order valence-corrected chi connectivity index (χ1v) is 8.21. The number of hydrogen-bond acceptors (Lipinski definition) is 3. The van der Waals surface area contributed by atoms with Crippen molar-refractivity contribution in [1.82, 2.24) is 20.4 Å². The lowest BCUT2D eigenvalue weighted by molar-refractivity contribution is -0.125. The molecule has 1 atom stereocenters. The first-order chi connectivity index (χ1) is 10.5. The van der Waals surface area contributed by atoms with Gasteiger partial charge in [0.15, 0.2) is 0 Å². The predicted molar refractivity (Wildman–Crippen MR) is 82.4 cm³/mol. The van der Waals surface area contributed by atoms with Crippen molar-refractivity contribution in [2.24, 2.45) is 5.92 Å². The number of carbonyl (C=O) groups is 2. The zero-order valence-corrected chi connectivity index (χ0v) is 13.3. The van der Waals surface area contributed by atoms with E-state index >= 15 is 0 Å². The summed E-state index contributed by atoms with van der Waals surface area (Å²) in [4.78, 5) is 24.1. The summed E-state index contributed by atoms with van der Waals surface area (Å²) < 4.78 is 1.84. The van der Waals surface area contributed by atoms with Gasteiger partial charge in [-0.1, -0.05) is 12.8 Å². The highest BCUT2D eigenvalue weighted by atomic mass is 16.2. The van der Waals surface area contributed by atoms with Crippen LogP contribution in [0, 0.1) is 5.92 Å². The molecule has 0 radical (unpaired) electrons. The highest BCUT2D eigenvalue weighted by molar-refractivity contribution is 5.92. The Labute approximate surface area is 130 Å². The second-order valence-electron chi connectivity index (χ2n) is 6.72. The summed E-state index contributed by atoms with van der Waals surface area (Å²) in [6.45, 7) is 4.51. The Kier molecular flexibility index (Phi) is 4.18. The van der Waals surface area contributed by atoms with Crippen molar-refractivity contribution < 1.29 is 9.59 Å². The molecule has 6 nitrogen and oxygen atoms in total. The number of hydrogen-bond donors (Lipinski definition) is 2. The van der Waals surface area contributed by atoms with Crippen LogP contribution in [0.25, 0.3) is 0 Å². The van der Waals surface area contributed by atoms with E-state index in [0.29, 0.717) is 12.2 Å². The molecule has 6 heteroatoms. The fraction of sp³-hybridized carbons (Fsp3) is 0.688. The Hall–Kier alpha value is -1.85. The quantitative estimate of drug-likeness (QED) is 0.879. The zero-order chi connectivity index (χ0) is 15.7. The van der Waals surface area contributed by atoms with Crippen LogP contribution < -0.4 is 10.6 Å². The molecule has 1 saturated carbocycles. The molecule has 2 N–H and O–H groups in total. The molecular weight excluding hydrogens is 280 g/mol. The van der Waals surface area contributed by atoms with Crippen LogP contribution in [0.15, 0.2) is 6.07 Å². The SMILES string of the molecule is CC(C)NC(=O)c1cc2n(n1)C[C@@H](NC(=O)C1CCCC1)C2. The average molecular weight is 304 g/mol. The van der Waals surface area contributed by atoms with E-state index in [-0.39, 0.29) is 29.8 Å². The Balaban J connectivity index is 1.56. The van der Waals surface area contributed by atoms with Crippen LogP contribution in [0.2, 0.25) is 0 Å². The minimum Gasteiger partial charge on any atom is -0.351 e. The second kappa shape index (κ2) is 6.10. The van der Waals surface area contributed by atoms with E-state index in [9.17, 15) is 9.59 Å². The van der Waals surface area contributed by atoms with Crippen molar-refractivity contribution in [3.8, 4) is 0 Å². The highest BCUT2D eigenvalue weighted by Gasteiger charge is 2.29. The summed E-state index contributed by atoms with van der Waals surface area (Å²) in [5.74, 6) is 0.245. The van der Waals surface area contributed by atoms with E-state index < -0.39 is 0 Å². The monoisotopic (exact) mass is 304 g/mol. The summed E-state index contributed by atoms with van der Waals surface area (Å²) in [6, 6.07) is 2.04. The van der Waals surface area contributed by atoms with Crippen LogP contribution in [0.5, 0.6) is 0 Å². The molecule has 1 fully saturated rings. The molecule has 1 aromatic heterocycles. The lowest BCUT2D eigenvalue weighted by Gasteiger charge is -2.15.